The van der Waals surface area contributed by atoms with Crippen LogP contribution in [0.4, 0.5) is 4.39 Å². The second kappa shape index (κ2) is 4.07. The molecule has 1 aromatic rings. The van der Waals surface area contributed by atoms with E-state index in [1.165, 1.54) is 6.07 Å². The minimum atomic E-state index is -0.260. The maximum atomic E-state index is 13.3. The largest absolute Gasteiger partial charge is 0.394 e. The predicted molar refractivity (Wildman–Crippen MR) is 52.4 cm³/mol. The van der Waals surface area contributed by atoms with Gasteiger partial charge in [0.25, 0.3) is 0 Å². The van der Waals surface area contributed by atoms with Crippen molar-refractivity contribution >= 4 is 0 Å². The molecule has 0 spiro atoms. The molecule has 1 aliphatic rings. The van der Waals surface area contributed by atoms with Crippen molar-refractivity contribution in [2.24, 2.45) is 0 Å². The van der Waals surface area contributed by atoms with Gasteiger partial charge in [-0.15, -0.1) is 0 Å². The van der Waals surface area contributed by atoms with Gasteiger partial charge in [-0.1, -0.05) is 18.2 Å². The number of hydrogen-bond donors (Lipinski definition) is 2. The first-order chi connectivity index (χ1) is 6.81. The topological polar surface area (TPSA) is 32.3 Å². The summed E-state index contributed by atoms with van der Waals surface area (Å²) in [5.74, 6) is -0.250. The Morgan fingerprint density at radius 3 is 2.71 bits per heavy atom. The summed E-state index contributed by atoms with van der Waals surface area (Å²) >= 11 is 0. The SMILES string of the molecule is OCC(NC1CC1)c1ccccc1F. The fraction of sp³-hybridized carbons (Fsp3) is 0.455. The molecule has 1 aliphatic carbocycles. The second-order valence-corrected chi connectivity index (χ2v) is 3.70. The van der Waals surface area contributed by atoms with E-state index in [1.807, 2.05) is 0 Å². The molecule has 0 aliphatic heterocycles. The fourth-order valence-electron chi connectivity index (χ4n) is 1.53. The van der Waals surface area contributed by atoms with Crippen LogP contribution in [0.1, 0.15) is 24.4 Å². The number of halogens is 1. The minimum absolute atomic E-state index is 0.0581. The van der Waals surface area contributed by atoms with Crippen molar-refractivity contribution in [2.75, 3.05) is 6.61 Å². The molecule has 0 bridgehead atoms. The molecule has 3 heteroatoms. The minimum Gasteiger partial charge on any atom is -0.394 e. The normalized spacial score (nSPS) is 18.1. The van der Waals surface area contributed by atoms with E-state index in [4.69, 9.17) is 5.11 Å². The number of aliphatic hydroxyl groups is 1. The number of nitrogens with one attached hydrogen (secondary N) is 1. The van der Waals surface area contributed by atoms with Crippen LogP contribution < -0.4 is 5.32 Å². The Morgan fingerprint density at radius 2 is 2.14 bits per heavy atom. The zero-order chi connectivity index (χ0) is 9.97. The van der Waals surface area contributed by atoms with E-state index in [0.717, 1.165) is 12.8 Å². The number of hydrogen-bond acceptors (Lipinski definition) is 2. The maximum Gasteiger partial charge on any atom is 0.128 e. The van der Waals surface area contributed by atoms with Gasteiger partial charge in [-0.05, 0) is 18.9 Å². The molecule has 0 aromatic heterocycles. The third-order valence-electron chi connectivity index (χ3n) is 2.48. The van der Waals surface area contributed by atoms with E-state index in [9.17, 15) is 4.39 Å². The van der Waals surface area contributed by atoms with Crippen LogP contribution in [0, 0.1) is 5.82 Å². The van der Waals surface area contributed by atoms with Gasteiger partial charge < -0.3 is 10.4 Å². The molecule has 0 amide bonds. The molecule has 14 heavy (non-hydrogen) atoms. The highest BCUT2D eigenvalue weighted by atomic mass is 19.1. The van der Waals surface area contributed by atoms with Gasteiger partial charge in [0.2, 0.25) is 0 Å². The van der Waals surface area contributed by atoms with Crippen LogP contribution in [0.3, 0.4) is 0 Å². The summed E-state index contributed by atoms with van der Waals surface area (Å²) in [6, 6.07) is 6.79. The van der Waals surface area contributed by atoms with Crippen molar-refractivity contribution in [1.82, 2.24) is 5.32 Å². The van der Waals surface area contributed by atoms with Gasteiger partial charge in [-0.25, -0.2) is 4.39 Å². The van der Waals surface area contributed by atoms with Crippen LogP contribution in [-0.4, -0.2) is 17.8 Å². The first-order valence-electron chi connectivity index (χ1n) is 4.92. The Morgan fingerprint density at radius 1 is 1.43 bits per heavy atom. The Labute approximate surface area is 82.8 Å². The molecule has 2 rings (SSSR count). The molecule has 1 aromatic carbocycles. The van der Waals surface area contributed by atoms with Gasteiger partial charge in [0.05, 0.1) is 12.6 Å². The van der Waals surface area contributed by atoms with Crippen LogP contribution in [0.15, 0.2) is 24.3 Å². The highest BCUT2D eigenvalue weighted by Crippen LogP contribution is 2.25. The zero-order valence-corrected chi connectivity index (χ0v) is 7.91. The van der Waals surface area contributed by atoms with Crippen LogP contribution in [0.2, 0.25) is 0 Å². The molecule has 2 nitrogen and oxygen atoms in total. The van der Waals surface area contributed by atoms with E-state index < -0.39 is 0 Å². The van der Waals surface area contributed by atoms with Gasteiger partial charge in [0.1, 0.15) is 5.82 Å². The van der Waals surface area contributed by atoms with Crippen molar-refractivity contribution in [3.05, 3.63) is 35.6 Å². The molecule has 1 saturated carbocycles. The molecule has 0 heterocycles. The average Bonchev–Trinajstić information content (AvgIpc) is 2.99. The van der Waals surface area contributed by atoms with Crippen LogP contribution in [-0.2, 0) is 0 Å². The van der Waals surface area contributed by atoms with Crippen molar-refractivity contribution in [1.29, 1.82) is 0 Å². The van der Waals surface area contributed by atoms with Gasteiger partial charge in [0.15, 0.2) is 0 Å². The summed E-state index contributed by atoms with van der Waals surface area (Å²) < 4.78 is 13.3. The van der Waals surface area contributed by atoms with E-state index in [1.54, 1.807) is 18.2 Å². The molecule has 0 radical (unpaired) electrons. The average molecular weight is 195 g/mol. The highest BCUT2D eigenvalue weighted by molar-refractivity contribution is 5.21. The Balaban J connectivity index is 2.12. The molecular formula is C11H14FNO. The highest BCUT2D eigenvalue weighted by Gasteiger charge is 2.25. The molecule has 2 N–H and O–H groups in total. The number of benzene rings is 1. The van der Waals surface area contributed by atoms with Crippen LogP contribution in [0.5, 0.6) is 0 Å². The lowest BCUT2D eigenvalue weighted by Gasteiger charge is -2.16. The summed E-state index contributed by atoms with van der Waals surface area (Å²) in [6.07, 6.45) is 2.26. The van der Waals surface area contributed by atoms with Gasteiger partial charge in [0, 0.05) is 11.6 Å². The standard InChI is InChI=1S/C11H14FNO/c12-10-4-2-1-3-9(10)11(7-14)13-8-5-6-8/h1-4,8,11,13-14H,5-7H2. The van der Waals surface area contributed by atoms with Crippen molar-refractivity contribution in [3.63, 3.8) is 0 Å². The monoisotopic (exact) mass is 195 g/mol. The summed E-state index contributed by atoms with van der Waals surface area (Å²) in [5, 5.41) is 12.4. The lowest BCUT2D eigenvalue weighted by molar-refractivity contribution is 0.240. The van der Waals surface area contributed by atoms with E-state index in [-0.39, 0.29) is 18.5 Å². The summed E-state index contributed by atoms with van der Waals surface area (Å²) in [4.78, 5) is 0. The Hall–Kier alpha value is -0.930. The lowest BCUT2D eigenvalue weighted by Crippen LogP contribution is -2.27. The van der Waals surface area contributed by atoms with E-state index >= 15 is 0 Å². The Bertz CT molecular complexity index is 312. The van der Waals surface area contributed by atoms with E-state index in [0.29, 0.717) is 11.6 Å². The second-order valence-electron chi connectivity index (χ2n) is 3.70. The first-order valence-corrected chi connectivity index (χ1v) is 4.92. The summed E-state index contributed by atoms with van der Waals surface area (Å²) in [5.41, 5.74) is 0.557. The van der Waals surface area contributed by atoms with Crippen molar-refractivity contribution in [2.45, 2.75) is 24.9 Å². The third kappa shape index (κ3) is 2.11. The van der Waals surface area contributed by atoms with E-state index in [2.05, 4.69) is 5.32 Å². The number of rotatable bonds is 4. The van der Waals surface area contributed by atoms with Crippen molar-refractivity contribution in [3.8, 4) is 0 Å². The summed E-state index contributed by atoms with van der Waals surface area (Å²) in [6.45, 7) is -0.0581. The quantitative estimate of drug-likeness (QED) is 0.765. The smallest absolute Gasteiger partial charge is 0.128 e. The molecule has 1 fully saturated rings. The van der Waals surface area contributed by atoms with Gasteiger partial charge in [-0.3, -0.25) is 0 Å². The Kier molecular flexibility index (Phi) is 2.79. The summed E-state index contributed by atoms with van der Waals surface area (Å²) in [7, 11) is 0. The molecule has 1 atom stereocenters. The van der Waals surface area contributed by atoms with Crippen molar-refractivity contribution < 1.29 is 9.50 Å². The zero-order valence-electron chi connectivity index (χ0n) is 7.91. The molecule has 0 saturated heterocycles. The fourth-order valence-corrected chi connectivity index (χ4v) is 1.53. The van der Waals surface area contributed by atoms with Crippen LogP contribution in [0.25, 0.3) is 0 Å². The predicted octanol–water partition coefficient (Wildman–Crippen LogP) is 1.61. The van der Waals surface area contributed by atoms with Gasteiger partial charge in [-0.2, -0.15) is 0 Å². The molecule has 76 valence electrons. The molecule has 1 unspecified atom stereocenters. The van der Waals surface area contributed by atoms with Gasteiger partial charge >= 0.3 is 0 Å². The first kappa shape index (κ1) is 9.62. The maximum absolute atomic E-state index is 13.3. The number of aliphatic hydroxyl groups excluding tert-OH is 1. The van der Waals surface area contributed by atoms with Crippen LogP contribution >= 0.6 is 0 Å². The third-order valence-corrected chi connectivity index (χ3v) is 2.48. The lowest BCUT2D eigenvalue weighted by atomic mass is 10.1. The molecular weight excluding hydrogens is 181 g/mol.